The molecule has 0 aromatic carbocycles. The van der Waals surface area contributed by atoms with Gasteiger partial charge in [-0.05, 0) is 25.0 Å². The Kier molecular flexibility index (Phi) is 3.99. The first kappa shape index (κ1) is 14.1. The SMILES string of the molecule is O=C(c1ccc(C(F)(F)F)cn1)N1CCC(Cl)CC1. The first-order valence-electron chi connectivity index (χ1n) is 5.84. The molecule has 0 radical (unpaired) electrons. The molecule has 2 rings (SSSR count). The number of rotatable bonds is 1. The standard InChI is InChI=1S/C12H12ClF3N2O/c13-9-3-5-18(6-4-9)11(19)10-2-1-8(7-17-10)12(14,15)16/h1-2,7,9H,3-6H2. The second-order valence-electron chi connectivity index (χ2n) is 4.40. The molecule has 0 bridgehead atoms. The van der Waals surface area contributed by atoms with Gasteiger partial charge in [-0.3, -0.25) is 9.78 Å². The Morgan fingerprint density at radius 3 is 2.42 bits per heavy atom. The number of alkyl halides is 4. The smallest absolute Gasteiger partial charge is 0.337 e. The van der Waals surface area contributed by atoms with Crippen molar-refractivity contribution in [3.8, 4) is 0 Å². The summed E-state index contributed by atoms with van der Waals surface area (Å²) in [5, 5.41) is 0.0598. The van der Waals surface area contributed by atoms with Crippen LogP contribution in [0, 0.1) is 0 Å². The molecule has 1 aliphatic rings. The van der Waals surface area contributed by atoms with Crippen LogP contribution >= 0.6 is 11.6 Å². The topological polar surface area (TPSA) is 33.2 Å². The number of aromatic nitrogens is 1. The molecular formula is C12H12ClF3N2O. The zero-order valence-electron chi connectivity index (χ0n) is 9.95. The Labute approximate surface area is 113 Å². The summed E-state index contributed by atoms with van der Waals surface area (Å²) in [5.74, 6) is -0.350. The molecule has 0 N–H and O–H groups in total. The van der Waals surface area contributed by atoms with Crippen molar-refractivity contribution in [1.29, 1.82) is 0 Å². The molecule has 1 aliphatic heterocycles. The minimum Gasteiger partial charge on any atom is -0.337 e. The zero-order valence-corrected chi connectivity index (χ0v) is 10.7. The molecule has 0 atom stereocenters. The quantitative estimate of drug-likeness (QED) is 0.746. The van der Waals surface area contributed by atoms with Crippen LogP contribution < -0.4 is 0 Å². The van der Waals surface area contributed by atoms with Gasteiger partial charge in [0.25, 0.3) is 5.91 Å². The number of hydrogen-bond acceptors (Lipinski definition) is 2. The highest BCUT2D eigenvalue weighted by Crippen LogP contribution is 2.28. The lowest BCUT2D eigenvalue weighted by molar-refractivity contribution is -0.137. The van der Waals surface area contributed by atoms with E-state index in [1.165, 1.54) is 0 Å². The van der Waals surface area contributed by atoms with E-state index in [0.717, 1.165) is 12.1 Å². The molecule has 19 heavy (non-hydrogen) atoms. The Bertz CT molecular complexity index is 453. The highest BCUT2D eigenvalue weighted by Gasteiger charge is 2.31. The summed E-state index contributed by atoms with van der Waals surface area (Å²) in [4.78, 5) is 17.2. The number of hydrogen-bond donors (Lipinski definition) is 0. The summed E-state index contributed by atoms with van der Waals surface area (Å²) in [5.41, 5.74) is -0.829. The molecule has 0 spiro atoms. The second kappa shape index (κ2) is 5.36. The van der Waals surface area contributed by atoms with Crippen molar-refractivity contribution in [1.82, 2.24) is 9.88 Å². The third kappa shape index (κ3) is 3.37. The van der Waals surface area contributed by atoms with Crippen molar-refractivity contribution in [2.24, 2.45) is 0 Å². The predicted octanol–water partition coefficient (Wildman–Crippen LogP) is 2.94. The molecule has 1 aromatic rings. The van der Waals surface area contributed by atoms with E-state index in [1.54, 1.807) is 4.90 Å². The first-order chi connectivity index (χ1) is 8.88. The molecule has 7 heteroatoms. The van der Waals surface area contributed by atoms with Crippen molar-refractivity contribution in [2.45, 2.75) is 24.4 Å². The van der Waals surface area contributed by atoms with Gasteiger partial charge >= 0.3 is 6.18 Å². The number of amides is 1. The summed E-state index contributed by atoms with van der Waals surface area (Å²) >= 11 is 5.93. The van der Waals surface area contributed by atoms with Crippen LogP contribution in [0.4, 0.5) is 13.2 Å². The lowest BCUT2D eigenvalue weighted by Crippen LogP contribution is -2.39. The highest BCUT2D eigenvalue weighted by molar-refractivity contribution is 6.20. The number of halogens is 4. The van der Waals surface area contributed by atoms with E-state index < -0.39 is 11.7 Å². The molecule has 0 unspecified atom stereocenters. The number of likely N-dealkylation sites (tertiary alicyclic amines) is 1. The van der Waals surface area contributed by atoms with Crippen molar-refractivity contribution >= 4 is 17.5 Å². The van der Waals surface area contributed by atoms with Crippen LogP contribution in [-0.2, 0) is 6.18 Å². The highest BCUT2D eigenvalue weighted by atomic mass is 35.5. The predicted molar refractivity (Wildman–Crippen MR) is 64.0 cm³/mol. The third-order valence-electron chi connectivity index (χ3n) is 3.02. The monoisotopic (exact) mass is 292 g/mol. The molecule has 3 nitrogen and oxygen atoms in total. The minimum absolute atomic E-state index is 0.0287. The van der Waals surface area contributed by atoms with Crippen molar-refractivity contribution in [3.63, 3.8) is 0 Å². The van der Waals surface area contributed by atoms with E-state index in [2.05, 4.69) is 4.98 Å². The second-order valence-corrected chi connectivity index (χ2v) is 5.01. The summed E-state index contributed by atoms with van der Waals surface area (Å²) in [6.07, 6.45) is -2.38. The van der Waals surface area contributed by atoms with Gasteiger partial charge in [0.15, 0.2) is 0 Å². The molecule has 0 saturated carbocycles. The van der Waals surface area contributed by atoms with Gasteiger partial charge in [-0.2, -0.15) is 13.2 Å². The van der Waals surface area contributed by atoms with Gasteiger partial charge in [0.2, 0.25) is 0 Å². The molecule has 2 heterocycles. The van der Waals surface area contributed by atoms with Crippen LogP contribution in [0.15, 0.2) is 18.3 Å². The number of pyridine rings is 1. The van der Waals surface area contributed by atoms with Gasteiger partial charge in [0, 0.05) is 24.7 Å². The Balaban J connectivity index is 2.08. The van der Waals surface area contributed by atoms with Gasteiger partial charge < -0.3 is 4.90 Å². The van der Waals surface area contributed by atoms with Crippen molar-refractivity contribution in [2.75, 3.05) is 13.1 Å². The average Bonchev–Trinajstić information content (AvgIpc) is 2.38. The number of nitrogens with zero attached hydrogens (tertiary/aromatic N) is 2. The summed E-state index contributed by atoms with van der Waals surface area (Å²) in [6.45, 7) is 1.02. The van der Waals surface area contributed by atoms with E-state index >= 15 is 0 Å². The molecule has 104 valence electrons. The van der Waals surface area contributed by atoms with Crippen LogP contribution in [0.2, 0.25) is 0 Å². The molecule has 0 aliphatic carbocycles. The van der Waals surface area contributed by atoms with Gasteiger partial charge in [-0.25, -0.2) is 0 Å². The fourth-order valence-corrected chi connectivity index (χ4v) is 2.10. The normalized spacial score (nSPS) is 17.6. The maximum Gasteiger partial charge on any atom is 0.417 e. The van der Waals surface area contributed by atoms with Gasteiger partial charge in [0.05, 0.1) is 5.56 Å². The van der Waals surface area contributed by atoms with Crippen molar-refractivity contribution in [3.05, 3.63) is 29.6 Å². The van der Waals surface area contributed by atoms with Gasteiger partial charge in [-0.15, -0.1) is 11.6 Å². The maximum absolute atomic E-state index is 12.4. The fourth-order valence-electron chi connectivity index (χ4n) is 1.90. The lowest BCUT2D eigenvalue weighted by Gasteiger charge is -2.29. The molecule has 1 fully saturated rings. The van der Waals surface area contributed by atoms with E-state index in [4.69, 9.17) is 11.6 Å². The lowest BCUT2D eigenvalue weighted by atomic mass is 10.1. The van der Waals surface area contributed by atoms with E-state index in [-0.39, 0.29) is 17.0 Å². The third-order valence-corrected chi connectivity index (χ3v) is 3.46. The minimum atomic E-state index is -4.44. The van der Waals surface area contributed by atoms with Crippen molar-refractivity contribution < 1.29 is 18.0 Å². The molecular weight excluding hydrogens is 281 g/mol. The average molecular weight is 293 g/mol. The van der Waals surface area contributed by atoms with E-state index in [9.17, 15) is 18.0 Å². The van der Waals surface area contributed by atoms with Crippen LogP contribution in [0.1, 0.15) is 28.9 Å². The summed E-state index contributed by atoms with van der Waals surface area (Å²) in [6, 6.07) is 1.98. The number of carbonyl (C=O) groups is 1. The largest absolute Gasteiger partial charge is 0.417 e. The number of carbonyl (C=O) groups excluding carboxylic acids is 1. The van der Waals surface area contributed by atoms with E-state index in [0.29, 0.717) is 32.1 Å². The molecule has 1 aromatic heterocycles. The first-order valence-corrected chi connectivity index (χ1v) is 6.28. The summed E-state index contributed by atoms with van der Waals surface area (Å²) in [7, 11) is 0. The summed E-state index contributed by atoms with van der Waals surface area (Å²) < 4.78 is 37.1. The Morgan fingerprint density at radius 2 is 1.95 bits per heavy atom. The van der Waals surface area contributed by atoms with Crippen LogP contribution in [0.25, 0.3) is 0 Å². The Morgan fingerprint density at radius 1 is 1.32 bits per heavy atom. The number of piperidine rings is 1. The fraction of sp³-hybridized carbons (Fsp3) is 0.500. The van der Waals surface area contributed by atoms with E-state index in [1.807, 2.05) is 0 Å². The van der Waals surface area contributed by atoms with Crippen LogP contribution in [0.3, 0.4) is 0 Å². The Hall–Kier alpha value is -1.30. The van der Waals surface area contributed by atoms with Gasteiger partial charge in [0.1, 0.15) is 5.69 Å². The molecule has 1 saturated heterocycles. The van der Waals surface area contributed by atoms with Crippen LogP contribution in [0.5, 0.6) is 0 Å². The maximum atomic E-state index is 12.4. The van der Waals surface area contributed by atoms with Gasteiger partial charge in [-0.1, -0.05) is 0 Å². The molecule has 1 amide bonds. The zero-order chi connectivity index (χ0) is 14.0. The van der Waals surface area contributed by atoms with Crippen LogP contribution in [-0.4, -0.2) is 34.3 Å².